The predicted molar refractivity (Wildman–Crippen MR) is 106 cm³/mol. The molecule has 0 saturated heterocycles. The van der Waals surface area contributed by atoms with Crippen LogP contribution in [0.3, 0.4) is 0 Å². The van der Waals surface area contributed by atoms with E-state index in [1.807, 2.05) is 24.3 Å². The minimum absolute atomic E-state index is 0.167. The fraction of sp³-hybridized carbons (Fsp3) is 0.190. The van der Waals surface area contributed by atoms with Gasteiger partial charge in [-0.1, -0.05) is 12.1 Å². The molecule has 1 amide bonds. The van der Waals surface area contributed by atoms with Crippen LogP contribution in [0.15, 0.2) is 59.4 Å². The molecule has 2 aromatic carbocycles. The number of methoxy groups -OCH3 is 2. The molecule has 144 valence electrons. The second kappa shape index (κ2) is 8.85. The first-order valence-electron chi connectivity index (χ1n) is 8.76. The Morgan fingerprint density at radius 3 is 2.21 bits per heavy atom. The Balaban J connectivity index is 1.67. The molecular formula is C21H21N3O4. The average Bonchev–Trinajstić information content (AvgIpc) is 2.73. The summed E-state index contributed by atoms with van der Waals surface area (Å²) in [4.78, 5) is 30.7. The standard InChI is InChI=1S/C21H21N3O4/c1-27-16-7-3-14(4-8-16)11-12-22-20(25)19-13-18(23-21(26)24-19)15-5-9-17(28-2)10-6-15/h3-10,13H,11-12H2,1-2H3,(H,22,25)(H,23,24,26). The molecule has 28 heavy (non-hydrogen) atoms. The third kappa shape index (κ3) is 4.76. The number of aromatic nitrogens is 2. The number of hydrogen-bond donors (Lipinski definition) is 2. The van der Waals surface area contributed by atoms with E-state index in [4.69, 9.17) is 9.47 Å². The van der Waals surface area contributed by atoms with E-state index < -0.39 is 5.69 Å². The van der Waals surface area contributed by atoms with Gasteiger partial charge in [-0.05, 0) is 54.4 Å². The van der Waals surface area contributed by atoms with Crippen molar-refractivity contribution < 1.29 is 14.3 Å². The molecule has 0 aliphatic rings. The van der Waals surface area contributed by atoms with E-state index in [2.05, 4.69) is 15.3 Å². The van der Waals surface area contributed by atoms with E-state index in [1.165, 1.54) is 0 Å². The molecule has 7 heteroatoms. The van der Waals surface area contributed by atoms with Crippen LogP contribution in [0.25, 0.3) is 11.3 Å². The summed E-state index contributed by atoms with van der Waals surface area (Å²) in [6, 6.07) is 16.3. The van der Waals surface area contributed by atoms with Gasteiger partial charge in [0, 0.05) is 12.1 Å². The molecule has 1 aromatic heterocycles. The lowest BCUT2D eigenvalue weighted by Gasteiger charge is -2.08. The summed E-state index contributed by atoms with van der Waals surface area (Å²) in [5.74, 6) is 1.13. The topological polar surface area (TPSA) is 93.3 Å². The van der Waals surface area contributed by atoms with Gasteiger partial charge in [-0.15, -0.1) is 0 Å². The second-order valence-electron chi connectivity index (χ2n) is 6.07. The molecule has 0 saturated carbocycles. The molecule has 0 aliphatic carbocycles. The maximum atomic E-state index is 12.4. The summed E-state index contributed by atoms with van der Waals surface area (Å²) in [7, 11) is 3.19. The van der Waals surface area contributed by atoms with E-state index in [-0.39, 0.29) is 11.6 Å². The van der Waals surface area contributed by atoms with E-state index in [9.17, 15) is 9.59 Å². The fourth-order valence-electron chi connectivity index (χ4n) is 2.70. The minimum atomic E-state index is -0.575. The van der Waals surface area contributed by atoms with E-state index >= 15 is 0 Å². The number of nitrogens with one attached hydrogen (secondary N) is 2. The zero-order chi connectivity index (χ0) is 19.9. The molecule has 0 radical (unpaired) electrons. The Bertz CT molecular complexity index is 995. The predicted octanol–water partition coefficient (Wildman–Crippen LogP) is 2.43. The summed E-state index contributed by atoms with van der Waals surface area (Å²) < 4.78 is 10.3. The summed E-state index contributed by atoms with van der Waals surface area (Å²) in [6.07, 6.45) is 0.663. The third-order valence-electron chi connectivity index (χ3n) is 4.23. The molecule has 3 aromatic rings. The molecule has 0 fully saturated rings. The van der Waals surface area contributed by atoms with Crippen LogP contribution in [0.5, 0.6) is 11.5 Å². The molecule has 0 atom stereocenters. The quantitative estimate of drug-likeness (QED) is 0.658. The Morgan fingerprint density at radius 2 is 1.61 bits per heavy atom. The van der Waals surface area contributed by atoms with Crippen LogP contribution in [-0.2, 0) is 6.42 Å². The van der Waals surface area contributed by atoms with Crippen LogP contribution in [0.1, 0.15) is 16.1 Å². The number of hydrogen-bond acceptors (Lipinski definition) is 5. The molecule has 2 N–H and O–H groups in total. The zero-order valence-corrected chi connectivity index (χ0v) is 15.7. The Labute approximate surface area is 162 Å². The van der Waals surface area contributed by atoms with Crippen LogP contribution < -0.4 is 20.5 Å². The number of amides is 1. The van der Waals surface area contributed by atoms with Gasteiger partial charge < -0.3 is 19.8 Å². The zero-order valence-electron chi connectivity index (χ0n) is 15.7. The lowest BCUT2D eigenvalue weighted by atomic mass is 10.1. The van der Waals surface area contributed by atoms with Crippen LogP contribution in [-0.4, -0.2) is 36.6 Å². The van der Waals surface area contributed by atoms with Gasteiger partial charge in [-0.2, -0.15) is 4.98 Å². The Morgan fingerprint density at radius 1 is 1.00 bits per heavy atom. The Kier molecular flexibility index (Phi) is 6.06. The van der Waals surface area contributed by atoms with Gasteiger partial charge in [0.25, 0.3) is 5.91 Å². The van der Waals surface area contributed by atoms with Crippen molar-refractivity contribution in [2.24, 2.45) is 0 Å². The van der Waals surface area contributed by atoms with Gasteiger partial charge in [-0.3, -0.25) is 4.79 Å². The van der Waals surface area contributed by atoms with Crippen LogP contribution in [0.4, 0.5) is 0 Å². The van der Waals surface area contributed by atoms with Crippen molar-refractivity contribution in [2.45, 2.75) is 6.42 Å². The number of nitrogens with zero attached hydrogens (tertiary/aromatic N) is 1. The Hall–Kier alpha value is -3.61. The number of benzene rings is 2. The van der Waals surface area contributed by atoms with Gasteiger partial charge in [0.1, 0.15) is 17.2 Å². The summed E-state index contributed by atoms with van der Waals surface area (Å²) in [5, 5.41) is 2.81. The van der Waals surface area contributed by atoms with Crippen molar-refractivity contribution in [3.63, 3.8) is 0 Å². The first kappa shape index (κ1) is 19.2. The number of ether oxygens (including phenoxy) is 2. The molecule has 0 bridgehead atoms. The first-order chi connectivity index (χ1) is 13.6. The van der Waals surface area contributed by atoms with Gasteiger partial charge >= 0.3 is 5.69 Å². The molecule has 0 spiro atoms. The average molecular weight is 379 g/mol. The highest BCUT2D eigenvalue weighted by Gasteiger charge is 2.10. The lowest BCUT2D eigenvalue weighted by molar-refractivity contribution is 0.0948. The highest BCUT2D eigenvalue weighted by molar-refractivity contribution is 5.93. The third-order valence-corrected chi connectivity index (χ3v) is 4.23. The molecule has 7 nitrogen and oxygen atoms in total. The fourth-order valence-corrected chi connectivity index (χ4v) is 2.70. The van der Waals surface area contributed by atoms with Crippen LogP contribution in [0, 0.1) is 0 Å². The number of aromatic amines is 1. The number of carbonyl (C=O) groups excluding carboxylic acids is 1. The first-order valence-corrected chi connectivity index (χ1v) is 8.76. The van der Waals surface area contributed by atoms with Crippen molar-refractivity contribution in [2.75, 3.05) is 20.8 Å². The van der Waals surface area contributed by atoms with Crippen molar-refractivity contribution in [1.29, 1.82) is 0 Å². The molecule has 0 unspecified atom stereocenters. The molecule has 1 heterocycles. The SMILES string of the molecule is COc1ccc(CCNC(=O)c2cc(-c3ccc(OC)cc3)nc(=O)[nH]2)cc1. The number of rotatable bonds is 7. The summed E-state index contributed by atoms with van der Waals surface area (Å²) in [5.41, 5.74) is 1.81. The van der Waals surface area contributed by atoms with Crippen molar-refractivity contribution in [1.82, 2.24) is 15.3 Å². The summed E-state index contributed by atoms with van der Waals surface area (Å²) in [6.45, 7) is 0.438. The highest BCUT2D eigenvalue weighted by Crippen LogP contribution is 2.20. The van der Waals surface area contributed by atoms with Gasteiger partial charge in [0.2, 0.25) is 0 Å². The van der Waals surface area contributed by atoms with E-state index in [0.29, 0.717) is 24.4 Å². The van der Waals surface area contributed by atoms with E-state index in [1.54, 1.807) is 44.6 Å². The van der Waals surface area contributed by atoms with Gasteiger partial charge in [-0.25, -0.2) is 4.79 Å². The smallest absolute Gasteiger partial charge is 0.346 e. The maximum Gasteiger partial charge on any atom is 0.346 e. The van der Waals surface area contributed by atoms with Crippen molar-refractivity contribution in [3.8, 4) is 22.8 Å². The lowest BCUT2D eigenvalue weighted by Crippen LogP contribution is -2.29. The normalized spacial score (nSPS) is 10.4. The number of carbonyl (C=O) groups is 1. The highest BCUT2D eigenvalue weighted by atomic mass is 16.5. The van der Waals surface area contributed by atoms with Crippen LogP contribution >= 0.6 is 0 Å². The van der Waals surface area contributed by atoms with E-state index in [0.717, 1.165) is 16.9 Å². The molecular weight excluding hydrogens is 358 g/mol. The van der Waals surface area contributed by atoms with Crippen molar-refractivity contribution in [3.05, 3.63) is 76.3 Å². The molecule has 0 aliphatic heterocycles. The van der Waals surface area contributed by atoms with Gasteiger partial charge in [0.05, 0.1) is 19.9 Å². The summed E-state index contributed by atoms with van der Waals surface area (Å²) >= 11 is 0. The monoisotopic (exact) mass is 379 g/mol. The van der Waals surface area contributed by atoms with Crippen molar-refractivity contribution >= 4 is 5.91 Å². The minimum Gasteiger partial charge on any atom is -0.497 e. The van der Waals surface area contributed by atoms with Gasteiger partial charge in [0.15, 0.2) is 0 Å². The number of H-pyrrole nitrogens is 1. The molecule has 3 rings (SSSR count). The second-order valence-corrected chi connectivity index (χ2v) is 6.07. The van der Waals surface area contributed by atoms with Crippen LogP contribution in [0.2, 0.25) is 0 Å². The maximum absolute atomic E-state index is 12.4. The largest absolute Gasteiger partial charge is 0.497 e.